The highest BCUT2D eigenvalue weighted by atomic mass is 16.1. The second kappa shape index (κ2) is 4.57. The third kappa shape index (κ3) is 2.20. The number of nitrogens with zero attached hydrogens (tertiary/aromatic N) is 2. The van der Waals surface area contributed by atoms with Crippen molar-refractivity contribution < 1.29 is 0 Å². The van der Waals surface area contributed by atoms with Gasteiger partial charge in [0.05, 0.1) is 18.4 Å². The van der Waals surface area contributed by atoms with E-state index < -0.39 is 0 Å². The van der Waals surface area contributed by atoms with Crippen LogP contribution < -0.4 is 11.3 Å². The fourth-order valence-corrected chi connectivity index (χ4v) is 2.16. The molecule has 0 radical (unpaired) electrons. The highest BCUT2D eigenvalue weighted by molar-refractivity contribution is 5.85. The van der Waals surface area contributed by atoms with Crippen LogP contribution in [0.3, 0.4) is 0 Å². The van der Waals surface area contributed by atoms with Crippen LogP contribution >= 0.6 is 0 Å². The lowest BCUT2D eigenvalue weighted by Gasteiger charge is -2.08. The van der Waals surface area contributed by atoms with E-state index in [-0.39, 0.29) is 5.56 Å². The van der Waals surface area contributed by atoms with Crippen LogP contribution in [0.15, 0.2) is 59.5 Å². The van der Waals surface area contributed by atoms with E-state index in [2.05, 4.69) is 17.2 Å². The highest BCUT2D eigenvalue weighted by Crippen LogP contribution is 2.18. The van der Waals surface area contributed by atoms with Gasteiger partial charge in [-0.25, -0.2) is 4.68 Å². The summed E-state index contributed by atoms with van der Waals surface area (Å²) in [7, 11) is 0. The molecule has 0 spiro atoms. The highest BCUT2D eigenvalue weighted by Gasteiger charge is 2.03. The summed E-state index contributed by atoms with van der Waals surface area (Å²) in [5.41, 5.74) is 6.80. The van der Waals surface area contributed by atoms with Crippen LogP contribution in [0.25, 0.3) is 10.8 Å². The summed E-state index contributed by atoms with van der Waals surface area (Å²) in [4.78, 5) is 11.8. The van der Waals surface area contributed by atoms with Gasteiger partial charge in [0.25, 0.3) is 5.56 Å². The van der Waals surface area contributed by atoms with Crippen LogP contribution in [0, 0.1) is 0 Å². The first-order valence-electron chi connectivity index (χ1n) is 6.03. The van der Waals surface area contributed by atoms with E-state index in [0.717, 1.165) is 16.3 Å². The average molecular weight is 251 g/mol. The Bertz CT molecular complexity index is 787. The van der Waals surface area contributed by atoms with E-state index in [0.29, 0.717) is 12.2 Å². The van der Waals surface area contributed by atoms with E-state index in [1.54, 1.807) is 0 Å². The molecule has 0 saturated heterocycles. The molecule has 0 amide bonds. The van der Waals surface area contributed by atoms with Gasteiger partial charge in [0.2, 0.25) is 0 Å². The van der Waals surface area contributed by atoms with Gasteiger partial charge in [0.1, 0.15) is 0 Å². The summed E-state index contributed by atoms with van der Waals surface area (Å²) in [6, 6.07) is 15.5. The van der Waals surface area contributed by atoms with E-state index in [9.17, 15) is 4.79 Å². The summed E-state index contributed by atoms with van der Waals surface area (Å²) >= 11 is 0. The van der Waals surface area contributed by atoms with Gasteiger partial charge in [-0.05, 0) is 16.3 Å². The second-order valence-corrected chi connectivity index (χ2v) is 4.42. The van der Waals surface area contributed by atoms with Crippen molar-refractivity contribution in [1.29, 1.82) is 0 Å². The number of nitrogen functional groups attached to an aromatic ring is 1. The lowest BCUT2D eigenvalue weighted by molar-refractivity contribution is 0.643. The molecule has 0 bridgehead atoms. The molecule has 3 aromatic rings. The number of benzene rings is 2. The van der Waals surface area contributed by atoms with Gasteiger partial charge in [-0.1, -0.05) is 42.5 Å². The number of fused-ring (bicyclic) bond motifs is 1. The standard InChI is InChI=1S/C15H13N3O/c16-13-8-15(19)18(17-9-13)10-12-6-3-5-11-4-1-2-7-14(11)12/h1-9H,10,16H2. The zero-order valence-corrected chi connectivity index (χ0v) is 10.3. The summed E-state index contributed by atoms with van der Waals surface area (Å²) < 4.78 is 1.41. The van der Waals surface area contributed by atoms with Crippen LogP contribution in [0.1, 0.15) is 5.56 Å². The number of hydrogen-bond acceptors (Lipinski definition) is 3. The Kier molecular flexibility index (Phi) is 2.76. The van der Waals surface area contributed by atoms with Crippen molar-refractivity contribution >= 4 is 16.5 Å². The fraction of sp³-hybridized carbons (Fsp3) is 0.0667. The first kappa shape index (κ1) is 11.5. The SMILES string of the molecule is Nc1cnn(Cc2cccc3ccccc23)c(=O)c1. The molecule has 4 heteroatoms. The van der Waals surface area contributed by atoms with Crippen LogP contribution in [-0.4, -0.2) is 9.78 Å². The summed E-state index contributed by atoms with van der Waals surface area (Å²) in [5, 5.41) is 6.35. The van der Waals surface area contributed by atoms with Crippen LogP contribution in [0.4, 0.5) is 5.69 Å². The zero-order chi connectivity index (χ0) is 13.2. The Morgan fingerprint density at radius 2 is 1.89 bits per heavy atom. The summed E-state index contributed by atoms with van der Waals surface area (Å²) in [5.74, 6) is 0. The maximum absolute atomic E-state index is 11.8. The summed E-state index contributed by atoms with van der Waals surface area (Å²) in [6.45, 7) is 0.445. The van der Waals surface area contributed by atoms with Crippen molar-refractivity contribution in [3.8, 4) is 0 Å². The van der Waals surface area contributed by atoms with Crippen LogP contribution in [0.5, 0.6) is 0 Å². The molecule has 2 aromatic carbocycles. The Labute approximate surface area is 110 Å². The molecule has 0 saturated carbocycles. The molecule has 0 aliphatic rings. The van der Waals surface area contributed by atoms with E-state index in [1.807, 2.05) is 30.3 Å². The molecule has 0 fully saturated rings. The predicted octanol–water partition coefficient (Wildman–Crippen LogP) is 2.03. The topological polar surface area (TPSA) is 60.9 Å². The molecule has 0 aliphatic heterocycles. The van der Waals surface area contributed by atoms with Gasteiger partial charge in [-0.3, -0.25) is 4.79 Å². The molecule has 0 unspecified atom stereocenters. The maximum Gasteiger partial charge on any atom is 0.269 e. The van der Waals surface area contributed by atoms with Gasteiger partial charge in [-0.2, -0.15) is 5.10 Å². The normalized spacial score (nSPS) is 10.7. The number of nitrogens with two attached hydrogens (primary N) is 1. The quantitative estimate of drug-likeness (QED) is 0.758. The molecule has 2 N–H and O–H groups in total. The monoisotopic (exact) mass is 251 g/mol. The van der Waals surface area contributed by atoms with Crippen molar-refractivity contribution in [2.45, 2.75) is 6.54 Å². The zero-order valence-electron chi connectivity index (χ0n) is 10.3. The Morgan fingerprint density at radius 3 is 2.74 bits per heavy atom. The predicted molar refractivity (Wildman–Crippen MR) is 76.0 cm³/mol. The molecule has 4 nitrogen and oxygen atoms in total. The lowest BCUT2D eigenvalue weighted by atomic mass is 10.0. The first-order chi connectivity index (χ1) is 9.24. The van der Waals surface area contributed by atoms with Gasteiger partial charge in [-0.15, -0.1) is 0 Å². The minimum atomic E-state index is -0.187. The Hall–Kier alpha value is -2.62. The van der Waals surface area contributed by atoms with Crippen LogP contribution in [-0.2, 0) is 6.54 Å². The van der Waals surface area contributed by atoms with Crippen molar-refractivity contribution in [3.05, 3.63) is 70.6 Å². The molecule has 0 atom stereocenters. The molecule has 1 heterocycles. The van der Waals surface area contributed by atoms with Crippen molar-refractivity contribution in [1.82, 2.24) is 9.78 Å². The van der Waals surface area contributed by atoms with Gasteiger partial charge in [0, 0.05) is 6.07 Å². The van der Waals surface area contributed by atoms with Gasteiger partial charge < -0.3 is 5.73 Å². The first-order valence-corrected chi connectivity index (χ1v) is 6.03. The summed E-state index contributed by atoms with van der Waals surface area (Å²) in [6.07, 6.45) is 1.49. The third-order valence-corrected chi connectivity index (χ3v) is 3.09. The number of aromatic nitrogens is 2. The molecular weight excluding hydrogens is 238 g/mol. The Morgan fingerprint density at radius 1 is 1.11 bits per heavy atom. The molecule has 0 aliphatic carbocycles. The minimum absolute atomic E-state index is 0.187. The van der Waals surface area contributed by atoms with E-state index >= 15 is 0 Å². The molecule has 94 valence electrons. The molecule has 3 rings (SSSR count). The number of anilines is 1. The minimum Gasteiger partial charge on any atom is -0.397 e. The van der Waals surface area contributed by atoms with Gasteiger partial charge >= 0.3 is 0 Å². The molecule has 1 aromatic heterocycles. The largest absolute Gasteiger partial charge is 0.397 e. The lowest BCUT2D eigenvalue weighted by Crippen LogP contribution is -2.22. The van der Waals surface area contributed by atoms with Crippen LogP contribution in [0.2, 0.25) is 0 Å². The van der Waals surface area contributed by atoms with E-state index in [1.165, 1.54) is 16.9 Å². The van der Waals surface area contributed by atoms with Crippen molar-refractivity contribution in [2.24, 2.45) is 0 Å². The maximum atomic E-state index is 11.8. The smallest absolute Gasteiger partial charge is 0.269 e. The van der Waals surface area contributed by atoms with E-state index in [4.69, 9.17) is 5.73 Å². The number of hydrogen-bond donors (Lipinski definition) is 1. The average Bonchev–Trinajstić information content (AvgIpc) is 2.42. The van der Waals surface area contributed by atoms with Gasteiger partial charge in [0.15, 0.2) is 0 Å². The van der Waals surface area contributed by atoms with Crippen molar-refractivity contribution in [2.75, 3.05) is 5.73 Å². The third-order valence-electron chi connectivity index (χ3n) is 3.09. The number of rotatable bonds is 2. The fourth-order valence-electron chi connectivity index (χ4n) is 2.16. The molecule has 19 heavy (non-hydrogen) atoms. The van der Waals surface area contributed by atoms with Crippen molar-refractivity contribution in [3.63, 3.8) is 0 Å². The molecular formula is C15H13N3O. The Balaban J connectivity index is 2.08. The second-order valence-electron chi connectivity index (χ2n) is 4.42.